The molecule has 2 N–H and O–H groups in total. The fraction of sp³-hybridized carbons (Fsp3) is 0.0800. The van der Waals surface area contributed by atoms with E-state index in [9.17, 15) is 14.7 Å². The summed E-state index contributed by atoms with van der Waals surface area (Å²) in [5.41, 5.74) is 3.89. The predicted molar refractivity (Wildman–Crippen MR) is 116 cm³/mol. The Morgan fingerprint density at radius 2 is 1.53 bits per heavy atom. The summed E-state index contributed by atoms with van der Waals surface area (Å²) in [6.07, 6.45) is 1.80. The van der Waals surface area contributed by atoms with Crippen LogP contribution in [0.1, 0.15) is 15.9 Å². The van der Waals surface area contributed by atoms with Gasteiger partial charge in [0.1, 0.15) is 6.04 Å². The van der Waals surface area contributed by atoms with Crippen molar-refractivity contribution in [1.82, 2.24) is 10.3 Å². The second-order valence-electron chi connectivity index (χ2n) is 7.01. The first kappa shape index (κ1) is 19.3. The van der Waals surface area contributed by atoms with Crippen LogP contribution in [0.25, 0.3) is 22.0 Å². The zero-order valence-corrected chi connectivity index (χ0v) is 16.2. The molecule has 5 nitrogen and oxygen atoms in total. The van der Waals surface area contributed by atoms with E-state index < -0.39 is 17.9 Å². The third kappa shape index (κ3) is 4.20. The molecule has 0 saturated carbocycles. The second-order valence-corrected chi connectivity index (χ2v) is 7.01. The normalized spacial score (nSPS) is 11.7. The molecule has 0 unspecified atom stereocenters. The number of nitrogens with one attached hydrogen (secondary N) is 1. The first-order valence-corrected chi connectivity index (χ1v) is 9.63. The fourth-order valence-electron chi connectivity index (χ4n) is 3.42. The van der Waals surface area contributed by atoms with Crippen molar-refractivity contribution >= 4 is 22.8 Å². The number of para-hydroxylation sites is 1. The number of carboxylic acids is 1. The summed E-state index contributed by atoms with van der Waals surface area (Å²) in [7, 11) is 0. The smallest absolute Gasteiger partial charge is 0.326 e. The number of amides is 1. The number of carbonyl (C=O) groups excluding carboxylic acids is 1. The molecule has 0 radical (unpaired) electrons. The van der Waals surface area contributed by atoms with E-state index in [1.54, 1.807) is 24.4 Å². The van der Waals surface area contributed by atoms with Crippen LogP contribution in [0, 0.1) is 0 Å². The van der Waals surface area contributed by atoms with Crippen LogP contribution < -0.4 is 5.32 Å². The topological polar surface area (TPSA) is 79.3 Å². The Balaban J connectivity index is 1.52. The van der Waals surface area contributed by atoms with Crippen molar-refractivity contribution in [3.63, 3.8) is 0 Å². The maximum absolute atomic E-state index is 12.8. The lowest BCUT2D eigenvalue weighted by Gasteiger charge is -2.15. The van der Waals surface area contributed by atoms with Gasteiger partial charge in [-0.15, -0.1) is 0 Å². The summed E-state index contributed by atoms with van der Waals surface area (Å²) in [5, 5.41) is 13.1. The van der Waals surface area contributed by atoms with E-state index in [1.807, 2.05) is 66.7 Å². The van der Waals surface area contributed by atoms with Gasteiger partial charge in [-0.25, -0.2) is 4.79 Å². The number of hydrogen-bond acceptors (Lipinski definition) is 3. The van der Waals surface area contributed by atoms with Gasteiger partial charge in [-0.05, 0) is 28.8 Å². The Labute approximate surface area is 174 Å². The first-order valence-electron chi connectivity index (χ1n) is 9.63. The first-order chi connectivity index (χ1) is 14.6. The molecule has 4 rings (SSSR count). The Hall–Kier alpha value is -3.99. The summed E-state index contributed by atoms with van der Waals surface area (Å²) in [4.78, 5) is 28.8. The number of fused-ring (bicyclic) bond motifs is 1. The van der Waals surface area contributed by atoms with Crippen LogP contribution in [0.4, 0.5) is 0 Å². The van der Waals surface area contributed by atoms with Crippen molar-refractivity contribution in [3.05, 3.63) is 102 Å². The van der Waals surface area contributed by atoms with Crippen molar-refractivity contribution in [2.45, 2.75) is 12.5 Å². The number of aliphatic carboxylic acids is 1. The minimum atomic E-state index is -1.08. The molecule has 1 amide bonds. The minimum absolute atomic E-state index is 0.189. The van der Waals surface area contributed by atoms with Crippen molar-refractivity contribution in [2.75, 3.05) is 0 Å². The van der Waals surface area contributed by atoms with Gasteiger partial charge in [-0.1, -0.05) is 72.8 Å². The molecule has 0 aliphatic heterocycles. The van der Waals surface area contributed by atoms with Gasteiger partial charge in [0.25, 0.3) is 5.91 Å². The maximum atomic E-state index is 12.8. The molecular weight excluding hydrogens is 376 g/mol. The van der Waals surface area contributed by atoms with Crippen LogP contribution in [0.3, 0.4) is 0 Å². The van der Waals surface area contributed by atoms with Crippen LogP contribution in [0.5, 0.6) is 0 Å². The quantitative estimate of drug-likeness (QED) is 0.508. The molecule has 0 aliphatic carbocycles. The van der Waals surface area contributed by atoms with Crippen molar-refractivity contribution in [1.29, 1.82) is 0 Å². The van der Waals surface area contributed by atoms with E-state index in [1.165, 1.54) is 0 Å². The average molecular weight is 396 g/mol. The maximum Gasteiger partial charge on any atom is 0.326 e. The molecule has 1 atom stereocenters. The number of pyridine rings is 1. The Morgan fingerprint density at radius 3 is 2.27 bits per heavy atom. The van der Waals surface area contributed by atoms with E-state index in [0.717, 1.165) is 22.1 Å². The van der Waals surface area contributed by atoms with Gasteiger partial charge < -0.3 is 10.4 Å². The predicted octanol–water partition coefficient (Wildman–Crippen LogP) is 4.33. The Kier molecular flexibility index (Phi) is 5.52. The SMILES string of the molecule is O=C(N[C@H](Cc1ccc(-c2ccccc2)cc1)C(=O)O)c1cccc2cccnc12. The number of carboxylic acid groups (broad SMARTS) is 1. The lowest BCUT2D eigenvalue weighted by atomic mass is 10.0. The lowest BCUT2D eigenvalue weighted by molar-refractivity contribution is -0.139. The number of nitrogens with zero attached hydrogens (tertiary/aromatic N) is 1. The van der Waals surface area contributed by atoms with Gasteiger partial charge in [0.15, 0.2) is 0 Å². The standard InChI is InChI=1S/C25H20N2O3/c28-24(21-10-4-8-20-9-5-15-26-23(20)21)27-22(25(29)30)16-17-11-13-19(14-12-17)18-6-2-1-3-7-18/h1-15,22H,16H2,(H,27,28)(H,29,30)/t22-/m1/s1. The fourth-order valence-corrected chi connectivity index (χ4v) is 3.42. The summed E-state index contributed by atoms with van der Waals surface area (Å²) in [5.74, 6) is -1.53. The number of rotatable bonds is 6. The van der Waals surface area contributed by atoms with E-state index in [2.05, 4.69) is 10.3 Å². The molecule has 0 saturated heterocycles. The summed E-state index contributed by atoms with van der Waals surface area (Å²) < 4.78 is 0. The summed E-state index contributed by atoms with van der Waals surface area (Å²) in [6.45, 7) is 0. The van der Waals surface area contributed by atoms with Gasteiger partial charge in [-0.3, -0.25) is 9.78 Å². The van der Waals surface area contributed by atoms with E-state index >= 15 is 0 Å². The van der Waals surface area contributed by atoms with Crippen molar-refractivity contribution in [3.8, 4) is 11.1 Å². The van der Waals surface area contributed by atoms with Crippen LogP contribution in [-0.4, -0.2) is 28.0 Å². The highest BCUT2D eigenvalue weighted by molar-refractivity contribution is 6.06. The highest BCUT2D eigenvalue weighted by Gasteiger charge is 2.22. The third-order valence-electron chi connectivity index (χ3n) is 4.98. The molecule has 1 heterocycles. The van der Waals surface area contributed by atoms with Gasteiger partial charge in [-0.2, -0.15) is 0 Å². The molecule has 5 heteroatoms. The molecule has 0 aliphatic rings. The molecule has 0 bridgehead atoms. The van der Waals surface area contributed by atoms with Gasteiger partial charge in [0.2, 0.25) is 0 Å². The third-order valence-corrected chi connectivity index (χ3v) is 4.98. The number of aromatic nitrogens is 1. The zero-order valence-electron chi connectivity index (χ0n) is 16.2. The van der Waals surface area contributed by atoms with Crippen molar-refractivity contribution < 1.29 is 14.7 Å². The molecule has 3 aromatic carbocycles. The van der Waals surface area contributed by atoms with Crippen LogP contribution in [-0.2, 0) is 11.2 Å². The molecular formula is C25H20N2O3. The van der Waals surface area contributed by atoms with Gasteiger partial charge in [0.05, 0.1) is 11.1 Å². The number of carbonyl (C=O) groups is 2. The summed E-state index contributed by atoms with van der Waals surface area (Å²) in [6, 6.07) is 25.5. The molecule has 30 heavy (non-hydrogen) atoms. The molecule has 0 fully saturated rings. The highest BCUT2D eigenvalue weighted by atomic mass is 16.4. The minimum Gasteiger partial charge on any atom is -0.480 e. The van der Waals surface area contributed by atoms with Gasteiger partial charge >= 0.3 is 5.97 Å². The van der Waals surface area contributed by atoms with E-state index in [0.29, 0.717) is 11.1 Å². The second kappa shape index (κ2) is 8.57. The monoisotopic (exact) mass is 396 g/mol. The lowest BCUT2D eigenvalue weighted by Crippen LogP contribution is -2.42. The Morgan fingerprint density at radius 1 is 0.833 bits per heavy atom. The van der Waals surface area contributed by atoms with E-state index in [-0.39, 0.29) is 6.42 Å². The Bertz CT molecular complexity index is 1180. The van der Waals surface area contributed by atoms with Crippen LogP contribution in [0.15, 0.2) is 91.1 Å². The summed E-state index contributed by atoms with van der Waals surface area (Å²) >= 11 is 0. The van der Waals surface area contributed by atoms with Gasteiger partial charge in [0, 0.05) is 18.0 Å². The van der Waals surface area contributed by atoms with Crippen LogP contribution >= 0.6 is 0 Å². The number of hydrogen-bond donors (Lipinski definition) is 2. The van der Waals surface area contributed by atoms with Crippen LogP contribution in [0.2, 0.25) is 0 Å². The largest absolute Gasteiger partial charge is 0.480 e. The van der Waals surface area contributed by atoms with E-state index in [4.69, 9.17) is 0 Å². The van der Waals surface area contributed by atoms with Crippen molar-refractivity contribution in [2.24, 2.45) is 0 Å². The molecule has 4 aromatic rings. The highest BCUT2D eigenvalue weighted by Crippen LogP contribution is 2.20. The molecule has 148 valence electrons. The average Bonchev–Trinajstić information content (AvgIpc) is 2.79. The molecule has 1 aromatic heterocycles. The zero-order chi connectivity index (χ0) is 20.9. The number of benzene rings is 3. The molecule has 0 spiro atoms.